The van der Waals surface area contributed by atoms with Gasteiger partial charge in [-0.2, -0.15) is 4.98 Å². The maximum atomic E-state index is 12.6. The highest BCUT2D eigenvalue weighted by Gasteiger charge is 2.36. The van der Waals surface area contributed by atoms with Crippen molar-refractivity contribution in [2.45, 2.75) is 46.6 Å². The molecule has 0 unspecified atom stereocenters. The van der Waals surface area contributed by atoms with Gasteiger partial charge in [-0.05, 0) is 12.3 Å². The van der Waals surface area contributed by atoms with Crippen molar-refractivity contribution in [3.63, 3.8) is 0 Å². The van der Waals surface area contributed by atoms with Gasteiger partial charge in [-0.15, -0.1) is 0 Å². The van der Waals surface area contributed by atoms with Crippen molar-refractivity contribution in [2.75, 3.05) is 0 Å². The average Bonchev–Trinajstić information content (AvgIpc) is 3.25. The summed E-state index contributed by atoms with van der Waals surface area (Å²) in [7, 11) is 0. The van der Waals surface area contributed by atoms with Crippen LogP contribution in [0.3, 0.4) is 0 Å². The Balaban J connectivity index is 1.42. The van der Waals surface area contributed by atoms with Gasteiger partial charge < -0.3 is 14.3 Å². The molecule has 150 valence electrons. The second-order valence-electron chi connectivity index (χ2n) is 8.21. The van der Waals surface area contributed by atoms with E-state index in [1.165, 1.54) is 0 Å². The van der Waals surface area contributed by atoms with Crippen LogP contribution in [0, 0.1) is 12.3 Å². The Morgan fingerprint density at radius 1 is 1.21 bits per heavy atom. The van der Waals surface area contributed by atoms with Crippen LogP contribution in [-0.4, -0.2) is 21.8 Å². The molecule has 0 atom stereocenters. The number of furan rings is 1. The number of nitrogens with zero attached hydrogens (tertiary/aromatic N) is 2. The molecule has 1 amide bonds. The van der Waals surface area contributed by atoms with Gasteiger partial charge in [-0.1, -0.05) is 49.3 Å². The largest absolute Gasteiger partial charge is 0.465 e. The number of Topliss-reactive ketones (excluding diaryl/α,β-unsaturated/α-hetero) is 1. The Hall–Kier alpha value is -3.22. The molecular formula is C22H23N3O4. The molecule has 0 saturated heterocycles. The summed E-state index contributed by atoms with van der Waals surface area (Å²) < 4.78 is 11.0. The Labute approximate surface area is 168 Å². The molecule has 1 N–H and O–H groups in total. The molecule has 1 aliphatic rings. The van der Waals surface area contributed by atoms with Crippen LogP contribution in [0.25, 0.3) is 11.4 Å². The third-order valence-electron chi connectivity index (χ3n) is 5.11. The number of rotatable bonds is 5. The van der Waals surface area contributed by atoms with Crippen molar-refractivity contribution >= 4 is 11.7 Å². The standard InChI is InChI=1S/C22H23N3O4/c1-13-15(20-16(26)10-22(2,3)11-17(20)28-13)9-18(27)23-12-19-24-21(25-29-19)14-7-5-4-6-8-14/h4-8H,9-12H2,1-3H3,(H,23,27). The number of hydrogen-bond acceptors (Lipinski definition) is 6. The second kappa shape index (κ2) is 7.31. The number of carbonyl (C=O) groups is 2. The smallest absolute Gasteiger partial charge is 0.246 e. The van der Waals surface area contributed by atoms with Gasteiger partial charge in [0, 0.05) is 24.0 Å². The first-order valence-electron chi connectivity index (χ1n) is 9.61. The first-order valence-corrected chi connectivity index (χ1v) is 9.61. The van der Waals surface area contributed by atoms with Crippen LogP contribution < -0.4 is 5.32 Å². The summed E-state index contributed by atoms with van der Waals surface area (Å²) in [5, 5.41) is 6.72. The van der Waals surface area contributed by atoms with Crippen LogP contribution in [-0.2, 0) is 24.2 Å². The molecule has 7 heteroatoms. The average molecular weight is 393 g/mol. The van der Waals surface area contributed by atoms with Gasteiger partial charge in [0.05, 0.1) is 18.5 Å². The number of fused-ring (bicyclic) bond motifs is 1. The van der Waals surface area contributed by atoms with E-state index in [1.807, 2.05) is 44.2 Å². The summed E-state index contributed by atoms with van der Waals surface area (Å²) in [5.41, 5.74) is 1.98. The van der Waals surface area contributed by atoms with E-state index in [2.05, 4.69) is 15.5 Å². The Morgan fingerprint density at radius 2 is 1.97 bits per heavy atom. The predicted molar refractivity (Wildman–Crippen MR) is 105 cm³/mol. The molecular weight excluding hydrogens is 370 g/mol. The fourth-order valence-corrected chi connectivity index (χ4v) is 3.75. The monoisotopic (exact) mass is 393 g/mol. The molecule has 0 aliphatic heterocycles. The summed E-state index contributed by atoms with van der Waals surface area (Å²) in [5.74, 6) is 1.93. The molecule has 2 aromatic heterocycles. The van der Waals surface area contributed by atoms with Gasteiger partial charge in [-0.25, -0.2) is 0 Å². The number of benzene rings is 1. The molecule has 7 nitrogen and oxygen atoms in total. The summed E-state index contributed by atoms with van der Waals surface area (Å²) in [6.45, 7) is 6.02. The summed E-state index contributed by atoms with van der Waals surface area (Å²) in [6, 6.07) is 9.46. The molecule has 2 heterocycles. The quantitative estimate of drug-likeness (QED) is 0.710. The molecule has 0 bridgehead atoms. The van der Waals surface area contributed by atoms with Crippen molar-refractivity contribution in [3.05, 3.63) is 58.9 Å². The fraction of sp³-hybridized carbons (Fsp3) is 0.364. The minimum atomic E-state index is -0.228. The van der Waals surface area contributed by atoms with Crippen molar-refractivity contribution in [1.82, 2.24) is 15.5 Å². The molecule has 0 radical (unpaired) electrons. The van der Waals surface area contributed by atoms with Gasteiger partial charge in [0.2, 0.25) is 17.6 Å². The molecule has 3 aromatic rings. The Morgan fingerprint density at radius 3 is 2.72 bits per heavy atom. The van der Waals surface area contributed by atoms with E-state index in [1.54, 1.807) is 6.92 Å². The number of aromatic nitrogens is 2. The lowest BCUT2D eigenvalue weighted by atomic mass is 9.75. The SMILES string of the molecule is Cc1oc2c(c1CC(=O)NCc1nc(-c3ccccc3)no1)C(=O)CC(C)(C)C2. The van der Waals surface area contributed by atoms with Crippen molar-refractivity contribution < 1.29 is 18.5 Å². The highest BCUT2D eigenvalue weighted by atomic mass is 16.5. The molecule has 0 fully saturated rings. The lowest BCUT2D eigenvalue weighted by Crippen LogP contribution is -2.28. The predicted octanol–water partition coefficient (Wildman–Crippen LogP) is 3.65. The third-order valence-corrected chi connectivity index (χ3v) is 5.11. The van der Waals surface area contributed by atoms with Crippen LogP contribution in [0.2, 0.25) is 0 Å². The van der Waals surface area contributed by atoms with E-state index in [4.69, 9.17) is 8.94 Å². The van der Waals surface area contributed by atoms with E-state index >= 15 is 0 Å². The lowest BCUT2D eigenvalue weighted by Gasteiger charge is -2.27. The highest BCUT2D eigenvalue weighted by molar-refractivity contribution is 6.01. The number of hydrogen-bond donors (Lipinski definition) is 1. The van der Waals surface area contributed by atoms with Crippen LogP contribution in [0.1, 0.15) is 53.6 Å². The van der Waals surface area contributed by atoms with E-state index in [0.29, 0.717) is 47.2 Å². The molecule has 0 saturated carbocycles. The minimum Gasteiger partial charge on any atom is -0.465 e. The molecule has 29 heavy (non-hydrogen) atoms. The van der Waals surface area contributed by atoms with Crippen molar-refractivity contribution in [2.24, 2.45) is 5.41 Å². The molecule has 4 rings (SSSR count). The number of amides is 1. The van der Waals surface area contributed by atoms with E-state index < -0.39 is 0 Å². The number of carbonyl (C=O) groups excluding carboxylic acids is 2. The maximum Gasteiger partial charge on any atom is 0.246 e. The minimum absolute atomic E-state index is 0.0419. The third kappa shape index (κ3) is 3.99. The van der Waals surface area contributed by atoms with Crippen molar-refractivity contribution in [3.8, 4) is 11.4 Å². The summed E-state index contributed by atoms with van der Waals surface area (Å²) in [4.78, 5) is 29.4. The second-order valence-corrected chi connectivity index (χ2v) is 8.21. The lowest BCUT2D eigenvalue weighted by molar-refractivity contribution is -0.120. The zero-order valence-corrected chi connectivity index (χ0v) is 16.7. The van der Waals surface area contributed by atoms with Crippen LogP contribution in [0.15, 0.2) is 39.3 Å². The summed E-state index contributed by atoms with van der Waals surface area (Å²) >= 11 is 0. The van der Waals surface area contributed by atoms with Crippen LogP contribution >= 0.6 is 0 Å². The first-order chi connectivity index (χ1) is 13.8. The van der Waals surface area contributed by atoms with Crippen LogP contribution in [0.4, 0.5) is 0 Å². The maximum absolute atomic E-state index is 12.6. The Kier molecular flexibility index (Phi) is 4.82. The van der Waals surface area contributed by atoms with Gasteiger partial charge in [0.15, 0.2) is 5.78 Å². The van der Waals surface area contributed by atoms with Crippen molar-refractivity contribution in [1.29, 1.82) is 0 Å². The normalized spacial score (nSPS) is 15.2. The first kappa shape index (κ1) is 19.1. The summed E-state index contributed by atoms with van der Waals surface area (Å²) in [6.07, 6.45) is 1.23. The molecule has 1 aliphatic carbocycles. The topological polar surface area (TPSA) is 98.2 Å². The molecule has 0 spiro atoms. The number of ketones is 1. The van der Waals surface area contributed by atoms with E-state index in [-0.39, 0.29) is 30.1 Å². The fourth-order valence-electron chi connectivity index (χ4n) is 3.75. The van der Waals surface area contributed by atoms with Gasteiger partial charge in [0.1, 0.15) is 11.5 Å². The van der Waals surface area contributed by atoms with Crippen LogP contribution in [0.5, 0.6) is 0 Å². The van der Waals surface area contributed by atoms with Gasteiger partial charge >= 0.3 is 0 Å². The zero-order chi connectivity index (χ0) is 20.6. The molecule has 1 aromatic carbocycles. The number of aryl methyl sites for hydroxylation is 1. The Bertz CT molecular complexity index is 1060. The van der Waals surface area contributed by atoms with E-state index in [9.17, 15) is 9.59 Å². The zero-order valence-electron chi connectivity index (χ0n) is 16.7. The number of nitrogens with one attached hydrogen (secondary N) is 1. The van der Waals surface area contributed by atoms with Gasteiger partial charge in [-0.3, -0.25) is 9.59 Å². The van der Waals surface area contributed by atoms with E-state index in [0.717, 1.165) is 5.56 Å². The van der Waals surface area contributed by atoms with Gasteiger partial charge in [0.25, 0.3) is 0 Å². The highest BCUT2D eigenvalue weighted by Crippen LogP contribution is 2.38.